The fourth-order valence-electron chi connectivity index (χ4n) is 11.5. The molecule has 19 heteroatoms. The Bertz CT molecular complexity index is 2350. The van der Waals surface area contributed by atoms with Crippen molar-refractivity contribution in [2.45, 2.75) is 199 Å². The van der Waals surface area contributed by atoms with Gasteiger partial charge in [0.25, 0.3) is 0 Å². The lowest BCUT2D eigenvalue weighted by Gasteiger charge is -2.40. The van der Waals surface area contributed by atoms with Gasteiger partial charge in [-0.25, -0.2) is 0 Å². The van der Waals surface area contributed by atoms with Gasteiger partial charge in [-0.1, -0.05) is 106 Å². The summed E-state index contributed by atoms with van der Waals surface area (Å²) in [4.78, 5) is 33.3. The number of nitrogens with two attached hydrogens (primary N) is 1. The van der Waals surface area contributed by atoms with Gasteiger partial charge in [0, 0.05) is 103 Å². The van der Waals surface area contributed by atoms with E-state index in [-0.39, 0.29) is 37.1 Å². The maximum Gasteiger partial charge on any atom is 0.221 e. The molecular weight excluding hydrogens is 928 g/mol. The summed E-state index contributed by atoms with van der Waals surface area (Å²) in [5.74, 6) is 5.16. The topological polar surface area (TPSA) is 238 Å². The molecule has 18 nitrogen and oxygen atoms in total. The van der Waals surface area contributed by atoms with E-state index in [4.69, 9.17) is 28.4 Å². The highest BCUT2D eigenvalue weighted by Crippen LogP contribution is 2.44. The third kappa shape index (κ3) is 15.8. The molecule has 3 N–H and O–H groups in total. The van der Waals surface area contributed by atoms with E-state index < -0.39 is 0 Å². The van der Waals surface area contributed by atoms with Crippen molar-refractivity contribution in [3.8, 4) is 0 Å². The average Bonchev–Trinajstić information content (AvgIpc) is 4.08. The molecule has 4 aliphatic rings. The molecule has 4 aliphatic heterocycles. The highest BCUT2D eigenvalue weighted by molar-refractivity contribution is 6.63. The smallest absolute Gasteiger partial charge is 0.221 e. The van der Waals surface area contributed by atoms with Gasteiger partial charge in [-0.3, -0.25) is 19.4 Å². The number of hydrogen-bond donors (Lipinski definition) is 2. The first-order chi connectivity index (χ1) is 34.3. The molecule has 4 aromatic rings. The molecule has 2 aromatic carbocycles. The molecule has 4 fully saturated rings. The van der Waals surface area contributed by atoms with Crippen LogP contribution in [-0.4, -0.2) is 101 Å². The molecule has 0 radical (unpaired) electrons. The van der Waals surface area contributed by atoms with E-state index in [1.165, 1.54) is 44.1 Å². The molecule has 0 aliphatic carbocycles. The molecule has 72 heavy (non-hydrogen) atoms. The van der Waals surface area contributed by atoms with E-state index >= 15 is 0 Å². The Balaban J connectivity index is 0.000000231. The highest BCUT2D eigenvalue weighted by atomic mass is 35.5. The number of aryl methyl sites for hydroxylation is 2. The van der Waals surface area contributed by atoms with E-state index in [0.29, 0.717) is 80.4 Å². The predicted octanol–water partition coefficient (Wildman–Crippen LogP) is 11.7. The van der Waals surface area contributed by atoms with Gasteiger partial charge in [-0.05, 0) is 125 Å². The van der Waals surface area contributed by atoms with Gasteiger partial charge in [-0.15, -0.1) is 20.4 Å². The molecule has 8 rings (SSSR count). The Morgan fingerprint density at radius 2 is 1.08 bits per heavy atom. The molecule has 6 atom stereocenters. The molecule has 4 unspecified atom stereocenters. The fraction of sp³-hybridized carbons (Fsp3) is 0.660. The number of nitrogens with one attached hydrogen (secondary N) is 1. The van der Waals surface area contributed by atoms with Crippen LogP contribution in [0.3, 0.4) is 0 Å². The third-order valence-electron chi connectivity index (χ3n) is 14.8. The Morgan fingerprint density at radius 1 is 0.667 bits per heavy atom. The second kappa shape index (κ2) is 28.8. The Morgan fingerprint density at radius 3 is 1.50 bits per heavy atom. The first-order valence-electron chi connectivity index (χ1n) is 26.0. The number of rotatable bonds is 21. The lowest BCUT2D eigenvalue weighted by Crippen LogP contribution is -2.45. The van der Waals surface area contributed by atoms with E-state index in [9.17, 15) is 9.59 Å². The number of piperidine rings is 2. The van der Waals surface area contributed by atoms with Crippen LogP contribution in [0.25, 0.3) is 20.9 Å². The van der Waals surface area contributed by atoms with Crippen molar-refractivity contribution in [2.75, 3.05) is 26.2 Å². The van der Waals surface area contributed by atoms with E-state index in [1.807, 2.05) is 18.2 Å². The predicted molar refractivity (Wildman–Crippen MR) is 285 cm³/mol. The van der Waals surface area contributed by atoms with Crippen molar-refractivity contribution in [1.82, 2.24) is 44.6 Å². The highest BCUT2D eigenvalue weighted by Gasteiger charge is 2.43. The monoisotopic (exact) mass is 1010 g/mol. The normalized spacial score (nSPS) is 22.0. The summed E-state index contributed by atoms with van der Waals surface area (Å²) in [6, 6.07) is 24.4. The zero-order valence-electron chi connectivity index (χ0n) is 42.8. The lowest BCUT2D eigenvalue weighted by molar-refractivity contribution is -0.122. The summed E-state index contributed by atoms with van der Waals surface area (Å²) >= 11 is 4.98. The van der Waals surface area contributed by atoms with Crippen molar-refractivity contribution in [3.63, 3.8) is 0 Å². The largest absolute Gasteiger partial charge is 0.349 e. The number of halogens is 1. The summed E-state index contributed by atoms with van der Waals surface area (Å²) in [6.45, 7) is 15.8. The number of hydrogen-bond acceptors (Lipinski definition) is 11. The van der Waals surface area contributed by atoms with Crippen molar-refractivity contribution in [1.29, 1.82) is 0 Å². The zero-order valence-corrected chi connectivity index (χ0v) is 43.6. The van der Waals surface area contributed by atoms with Gasteiger partial charge in [0.2, 0.25) is 11.1 Å². The average molecular weight is 1010 g/mol. The second-order valence-corrected chi connectivity index (χ2v) is 20.8. The molecular formula is C53H81ClN16O2. The number of carbonyl (C=O) groups excluding carboxylic acids is 2. The number of azide groups is 2. The van der Waals surface area contributed by atoms with Crippen LogP contribution in [0.5, 0.6) is 0 Å². The SMILES string of the molecule is C.Cc1nnc(C(C)C)n1C1CC2CCC(C1)N2CC[C@H](N)c1ccccc1.Cc1nnc(C(C)C)n1C1CC2CCC(C1)N2CC[C@H](NC(=O)CCCN=[N+]=[N-])c1ccccc1.[N-]=[N+]=NCCCC(=O)Cl. The molecule has 4 saturated heterocycles. The summed E-state index contributed by atoms with van der Waals surface area (Å²) in [5.41, 5.74) is 25.0. The second-order valence-electron chi connectivity index (χ2n) is 20.4. The van der Waals surface area contributed by atoms with Crippen molar-refractivity contribution in [2.24, 2.45) is 16.0 Å². The number of benzene rings is 2. The van der Waals surface area contributed by atoms with Gasteiger partial charge in [0.05, 0.1) is 6.04 Å². The molecule has 6 heterocycles. The van der Waals surface area contributed by atoms with E-state index in [0.717, 1.165) is 67.6 Å². The Labute approximate surface area is 432 Å². The van der Waals surface area contributed by atoms with Crippen LogP contribution >= 0.6 is 11.6 Å². The summed E-state index contributed by atoms with van der Waals surface area (Å²) in [7, 11) is 0. The number of carbonyl (C=O) groups is 2. The maximum absolute atomic E-state index is 12.6. The van der Waals surface area contributed by atoms with Gasteiger partial charge in [-0.2, -0.15) is 0 Å². The van der Waals surface area contributed by atoms with Crippen LogP contribution in [-0.2, 0) is 9.59 Å². The summed E-state index contributed by atoms with van der Waals surface area (Å²) in [5, 5.41) is 27.3. The van der Waals surface area contributed by atoms with E-state index in [2.05, 4.69) is 149 Å². The van der Waals surface area contributed by atoms with Crippen LogP contribution in [0.15, 0.2) is 70.9 Å². The molecule has 0 spiro atoms. The minimum Gasteiger partial charge on any atom is -0.349 e. The molecule has 392 valence electrons. The van der Waals surface area contributed by atoms with Crippen molar-refractivity contribution < 1.29 is 9.59 Å². The number of aromatic nitrogens is 6. The van der Waals surface area contributed by atoms with Crippen LogP contribution in [0.2, 0.25) is 0 Å². The number of nitrogens with zero attached hydrogens (tertiary/aromatic N) is 14. The first-order valence-corrected chi connectivity index (χ1v) is 26.4. The molecule has 2 aromatic heterocycles. The molecule has 4 bridgehead atoms. The minimum absolute atomic E-state index is 0. The number of fused-ring (bicyclic) bond motifs is 4. The van der Waals surface area contributed by atoms with Crippen LogP contribution in [0.1, 0.15) is 195 Å². The van der Waals surface area contributed by atoms with Crippen molar-refractivity contribution in [3.05, 3.63) is 116 Å². The maximum atomic E-state index is 12.6. The number of amides is 1. The zero-order chi connectivity index (χ0) is 50.9. The molecule has 1 amide bonds. The van der Waals surface area contributed by atoms with Gasteiger partial charge < -0.3 is 20.2 Å². The summed E-state index contributed by atoms with van der Waals surface area (Å²) < 4.78 is 4.83. The fourth-order valence-corrected chi connectivity index (χ4v) is 11.6. The minimum atomic E-state index is -0.386. The van der Waals surface area contributed by atoms with E-state index in [1.54, 1.807) is 0 Å². The Kier molecular flexibility index (Phi) is 23.0. The summed E-state index contributed by atoms with van der Waals surface area (Å²) in [6.07, 6.45) is 13.5. The van der Waals surface area contributed by atoms with Crippen LogP contribution in [0.4, 0.5) is 0 Å². The van der Waals surface area contributed by atoms with Gasteiger partial charge >= 0.3 is 0 Å². The van der Waals surface area contributed by atoms with Crippen LogP contribution < -0.4 is 11.1 Å². The molecule has 0 saturated carbocycles. The van der Waals surface area contributed by atoms with Crippen LogP contribution in [0, 0.1) is 13.8 Å². The van der Waals surface area contributed by atoms with Gasteiger partial charge in [0.1, 0.15) is 23.3 Å². The lowest BCUT2D eigenvalue weighted by atomic mass is 9.95. The van der Waals surface area contributed by atoms with Crippen molar-refractivity contribution >= 4 is 22.8 Å². The first kappa shape index (κ1) is 57.5. The van der Waals surface area contributed by atoms with Gasteiger partial charge in [0.15, 0.2) is 0 Å². The standard InChI is InChI=1S/C26H38N8O.C22H33N5.C4H6ClN3O.CH4/c1-18(2)26-31-30-19(3)34(26)23-16-21-11-12-22(17-23)33(21)15-13-24(20-8-5-4-6-9-20)29-25(35)10-7-14-28-32-27;1-15(2)22-25-24-16(3)27(22)20-13-18-9-10-19(14-20)26(18)12-11-21(23)17-7-5-4-6-8-17;5-4(9)2-1-3-7-8-6;/h4-6,8-9,18,21-24H,7,10-17H2,1-3H3,(H,29,35);4-8,15,18-21H,9-14,23H2,1-3H3;1-3H2;1H4/t21?,22?,23?,24-;18?,19?,20?,21-;;/m00../s1. The quantitative estimate of drug-likeness (QED) is 0.0265. The third-order valence-corrected chi connectivity index (χ3v) is 15.0. The Hall–Kier alpha value is -5.35.